The van der Waals surface area contributed by atoms with E-state index in [4.69, 9.17) is 11.6 Å². The first-order chi connectivity index (χ1) is 8.77. The highest BCUT2D eigenvalue weighted by atomic mass is 35.5. The van der Waals surface area contributed by atoms with Gasteiger partial charge in [0.2, 0.25) is 0 Å². The number of aryl methyl sites for hydroxylation is 1. The molecule has 0 fully saturated rings. The van der Waals surface area contributed by atoms with E-state index in [2.05, 4.69) is 20.6 Å². The summed E-state index contributed by atoms with van der Waals surface area (Å²) in [5, 5.41) is 10.5. The maximum atomic E-state index is 11.8. The number of carbonyl (C=O) groups excluding carboxylic acids is 1. The van der Waals surface area contributed by atoms with E-state index in [-0.39, 0.29) is 11.1 Å². The quantitative estimate of drug-likeness (QED) is 0.650. The minimum absolute atomic E-state index is 0.214. The van der Waals surface area contributed by atoms with Crippen LogP contribution < -0.4 is 5.32 Å². The van der Waals surface area contributed by atoms with Crippen molar-refractivity contribution in [1.29, 1.82) is 0 Å². The second-order valence-corrected chi connectivity index (χ2v) is 3.98. The van der Waals surface area contributed by atoms with Crippen molar-refractivity contribution in [3.63, 3.8) is 0 Å². The van der Waals surface area contributed by atoms with Gasteiger partial charge in [-0.2, -0.15) is 0 Å². The Kier molecular flexibility index (Phi) is 4.25. The lowest BCUT2D eigenvalue weighted by molar-refractivity contribution is 0.0952. The largest absolute Gasteiger partial charge is 0.352 e. The Labute approximate surface area is 109 Å². The van der Waals surface area contributed by atoms with Crippen molar-refractivity contribution < 1.29 is 4.79 Å². The fourth-order valence-electron chi connectivity index (χ4n) is 1.45. The summed E-state index contributed by atoms with van der Waals surface area (Å²) in [5.74, 6) is -0.216. The van der Waals surface area contributed by atoms with Crippen molar-refractivity contribution in [2.75, 3.05) is 6.54 Å². The maximum Gasteiger partial charge on any atom is 0.254 e. The third-order valence-electron chi connectivity index (χ3n) is 2.33. The van der Waals surface area contributed by atoms with Crippen molar-refractivity contribution in [1.82, 2.24) is 25.3 Å². The van der Waals surface area contributed by atoms with Gasteiger partial charge in [-0.05, 0) is 18.6 Å². The zero-order valence-electron chi connectivity index (χ0n) is 9.58. The van der Waals surface area contributed by atoms with Gasteiger partial charge in [-0.25, -0.2) is 4.98 Å². The summed E-state index contributed by atoms with van der Waals surface area (Å²) in [6.45, 7) is 1.25. The Morgan fingerprint density at radius 3 is 3.06 bits per heavy atom. The Morgan fingerprint density at radius 1 is 1.44 bits per heavy atom. The Hall–Kier alpha value is -1.95. The molecule has 0 saturated heterocycles. The lowest BCUT2D eigenvalue weighted by atomic mass is 10.2. The summed E-state index contributed by atoms with van der Waals surface area (Å²) in [5.41, 5.74) is 0.389. The van der Waals surface area contributed by atoms with Gasteiger partial charge in [0.15, 0.2) is 0 Å². The molecule has 0 radical (unpaired) electrons. The lowest BCUT2D eigenvalue weighted by Crippen LogP contribution is -2.25. The molecule has 2 aromatic heterocycles. The first-order valence-corrected chi connectivity index (χ1v) is 5.88. The number of hydrogen-bond donors (Lipinski definition) is 1. The van der Waals surface area contributed by atoms with Gasteiger partial charge in [-0.3, -0.25) is 9.48 Å². The molecule has 1 N–H and O–H groups in total. The van der Waals surface area contributed by atoms with Crippen LogP contribution in [0.1, 0.15) is 16.8 Å². The molecule has 0 atom stereocenters. The molecule has 2 aromatic rings. The number of pyridine rings is 1. The molecule has 1 amide bonds. The number of aromatic nitrogens is 4. The standard InChI is InChI=1S/C11H12ClN5O/c12-10-9(3-1-4-13-10)11(18)14-5-2-7-17-8-6-15-16-17/h1,3-4,6,8H,2,5,7H2,(H,14,18). The molecule has 2 rings (SSSR count). The van der Waals surface area contributed by atoms with Crippen molar-refractivity contribution in [2.45, 2.75) is 13.0 Å². The number of nitrogens with zero attached hydrogens (tertiary/aromatic N) is 4. The smallest absolute Gasteiger partial charge is 0.254 e. The van der Waals surface area contributed by atoms with Crippen molar-refractivity contribution >= 4 is 17.5 Å². The minimum Gasteiger partial charge on any atom is -0.352 e. The van der Waals surface area contributed by atoms with Gasteiger partial charge in [0, 0.05) is 25.5 Å². The van der Waals surface area contributed by atoms with Crippen LogP contribution in [0, 0.1) is 0 Å². The number of amides is 1. The Morgan fingerprint density at radius 2 is 2.33 bits per heavy atom. The van der Waals surface area contributed by atoms with E-state index in [1.807, 2.05) is 0 Å². The van der Waals surface area contributed by atoms with Crippen LogP contribution in [0.4, 0.5) is 0 Å². The molecule has 0 spiro atoms. The number of rotatable bonds is 5. The second kappa shape index (κ2) is 6.11. The minimum atomic E-state index is -0.216. The molecule has 0 bridgehead atoms. The van der Waals surface area contributed by atoms with E-state index in [9.17, 15) is 4.79 Å². The van der Waals surface area contributed by atoms with Crippen LogP contribution in [0.5, 0.6) is 0 Å². The fourth-order valence-corrected chi connectivity index (χ4v) is 1.65. The number of nitrogens with one attached hydrogen (secondary N) is 1. The number of halogens is 1. The lowest BCUT2D eigenvalue weighted by Gasteiger charge is -2.05. The molecular formula is C11H12ClN5O. The average molecular weight is 266 g/mol. The monoisotopic (exact) mass is 265 g/mol. The average Bonchev–Trinajstić information content (AvgIpc) is 2.88. The van der Waals surface area contributed by atoms with E-state index in [1.54, 1.807) is 35.4 Å². The molecule has 0 aromatic carbocycles. The van der Waals surface area contributed by atoms with Gasteiger partial charge < -0.3 is 5.32 Å². The molecule has 2 heterocycles. The molecule has 7 heteroatoms. The highest BCUT2D eigenvalue weighted by molar-refractivity contribution is 6.32. The molecule has 0 aliphatic heterocycles. The van der Waals surface area contributed by atoms with E-state index in [0.29, 0.717) is 18.7 Å². The molecule has 94 valence electrons. The summed E-state index contributed by atoms with van der Waals surface area (Å²) >= 11 is 5.82. The van der Waals surface area contributed by atoms with Gasteiger partial charge >= 0.3 is 0 Å². The summed E-state index contributed by atoms with van der Waals surface area (Å²) in [4.78, 5) is 15.6. The Balaban J connectivity index is 1.77. The first kappa shape index (κ1) is 12.5. The second-order valence-electron chi connectivity index (χ2n) is 3.62. The zero-order chi connectivity index (χ0) is 12.8. The molecule has 0 unspecified atom stereocenters. The molecule has 0 aliphatic rings. The molecule has 0 aliphatic carbocycles. The fraction of sp³-hybridized carbons (Fsp3) is 0.273. The van der Waals surface area contributed by atoms with E-state index in [0.717, 1.165) is 6.42 Å². The molecule has 6 nitrogen and oxygen atoms in total. The van der Waals surface area contributed by atoms with Gasteiger partial charge in [-0.15, -0.1) is 5.10 Å². The Bertz CT molecular complexity index is 514. The zero-order valence-corrected chi connectivity index (χ0v) is 10.3. The summed E-state index contributed by atoms with van der Waals surface area (Å²) in [7, 11) is 0. The van der Waals surface area contributed by atoms with Crippen molar-refractivity contribution in [2.24, 2.45) is 0 Å². The van der Waals surface area contributed by atoms with E-state index in [1.165, 1.54) is 0 Å². The highest BCUT2D eigenvalue weighted by Crippen LogP contribution is 2.10. The van der Waals surface area contributed by atoms with Crippen LogP contribution in [0.2, 0.25) is 5.15 Å². The van der Waals surface area contributed by atoms with Gasteiger partial charge in [0.1, 0.15) is 5.15 Å². The first-order valence-electron chi connectivity index (χ1n) is 5.50. The van der Waals surface area contributed by atoms with Crippen LogP contribution in [-0.2, 0) is 6.54 Å². The normalized spacial score (nSPS) is 10.3. The van der Waals surface area contributed by atoms with Crippen LogP contribution in [-0.4, -0.2) is 32.4 Å². The van der Waals surface area contributed by atoms with Crippen LogP contribution in [0.25, 0.3) is 0 Å². The molecule has 0 saturated carbocycles. The maximum absolute atomic E-state index is 11.8. The molecular weight excluding hydrogens is 254 g/mol. The van der Waals surface area contributed by atoms with Crippen LogP contribution >= 0.6 is 11.6 Å². The predicted molar refractivity (Wildman–Crippen MR) is 66.2 cm³/mol. The van der Waals surface area contributed by atoms with Crippen molar-refractivity contribution in [3.8, 4) is 0 Å². The van der Waals surface area contributed by atoms with Gasteiger partial charge in [0.05, 0.1) is 11.8 Å². The highest BCUT2D eigenvalue weighted by Gasteiger charge is 2.09. The summed E-state index contributed by atoms with van der Waals surface area (Å²) < 4.78 is 1.71. The topological polar surface area (TPSA) is 72.7 Å². The number of carbonyl (C=O) groups is 1. The van der Waals surface area contributed by atoms with Crippen LogP contribution in [0.15, 0.2) is 30.7 Å². The summed E-state index contributed by atoms with van der Waals surface area (Å²) in [6, 6.07) is 3.32. The SMILES string of the molecule is O=C(NCCCn1ccnn1)c1cccnc1Cl. The van der Waals surface area contributed by atoms with E-state index >= 15 is 0 Å². The van der Waals surface area contributed by atoms with Gasteiger partial charge in [-0.1, -0.05) is 16.8 Å². The number of hydrogen-bond acceptors (Lipinski definition) is 4. The third kappa shape index (κ3) is 3.27. The van der Waals surface area contributed by atoms with E-state index < -0.39 is 0 Å². The summed E-state index contributed by atoms with van der Waals surface area (Å²) in [6.07, 6.45) is 5.71. The third-order valence-corrected chi connectivity index (χ3v) is 2.63. The molecule has 18 heavy (non-hydrogen) atoms. The van der Waals surface area contributed by atoms with Crippen LogP contribution in [0.3, 0.4) is 0 Å². The van der Waals surface area contributed by atoms with Crippen molar-refractivity contribution in [3.05, 3.63) is 41.4 Å². The van der Waals surface area contributed by atoms with Gasteiger partial charge in [0.25, 0.3) is 5.91 Å². The predicted octanol–water partition coefficient (Wildman–Crippen LogP) is 1.15.